The van der Waals surface area contributed by atoms with E-state index in [1.807, 2.05) is 6.92 Å². The van der Waals surface area contributed by atoms with Gasteiger partial charge in [-0.1, -0.05) is 13.8 Å². The fourth-order valence-electron chi connectivity index (χ4n) is 1.30. The van der Waals surface area contributed by atoms with Crippen molar-refractivity contribution in [1.29, 1.82) is 0 Å². The molecule has 1 heterocycles. The molecule has 1 aromatic heterocycles. The molecule has 0 bridgehead atoms. The summed E-state index contributed by atoms with van der Waals surface area (Å²) in [6, 6.07) is 4.39. The van der Waals surface area contributed by atoms with Gasteiger partial charge in [0.05, 0.1) is 0 Å². The summed E-state index contributed by atoms with van der Waals surface area (Å²) in [6.07, 6.45) is 0.968. The van der Waals surface area contributed by atoms with Gasteiger partial charge in [0.1, 0.15) is 11.3 Å². The van der Waals surface area contributed by atoms with E-state index in [9.17, 15) is 4.39 Å². The second-order valence-corrected chi connectivity index (χ2v) is 3.47. The number of aromatic nitrogens is 1. The zero-order chi connectivity index (χ0) is 10.1. The van der Waals surface area contributed by atoms with Crippen LogP contribution in [-0.2, 0) is 0 Å². The highest BCUT2D eigenvalue weighted by Gasteiger charge is 2.11. The SMILES string of the molecule is CCC(C)c1nc2cc(F)ccc2o1. The quantitative estimate of drug-likeness (QED) is 0.729. The van der Waals surface area contributed by atoms with Gasteiger partial charge in [-0.25, -0.2) is 9.37 Å². The highest BCUT2D eigenvalue weighted by molar-refractivity contribution is 5.72. The van der Waals surface area contributed by atoms with Gasteiger partial charge in [-0.05, 0) is 18.6 Å². The van der Waals surface area contributed by atoms with Crippen LogP contribution in [0.25, 0.3) is 11.1 Å². The fourth-order valence-corrected chi connectivity index (χ4v) is 1.30. The summed E-state index contributed by atoms with van der Waals surface area (Å²) in [4.78, 5) is 4.24. The van der Waals surface area contributed by atoms with Crippen LogP contribution in [-0.4, -0.2) is 4.98 Å². The molecule has 0 aliphatic carbocycles. The number of nitrogens with zero attached hydrogens (tertiary/aromatic N) is 1. The summed E-state index contributed by atoms with van der Waals surface area (Å²) < 4.78 is 18.3. The van der Waals surface area contributed by atoms with Gasteiger partial charge in [-0.2, -0.15) is 0 Å². The van der Waals surface area contributed by atoms with Crippen LogP contribution < -0.4 is 0 Å². The van der Waals surface area contributed by atoms with Gasteiger partial charge < -0.3 is 4.42 Å². The lowest BCUT2D eigenvalue weighted by Gasteiger charge is -1.99. The Labute approximate surface area is 81.8 Å². The Morgan fingerprint density at radius 1 is 1.50 bits per heavy atom. The van der Waals surface area contributed by atoms with E-state index < -0.39 is 0 Å². The Hall–Kier alpha value is -1.38. The Balaban J connectivity index is 2.51. The van der Waals surface area contributed by atoms with Crippen LogP contribution in [0.3, 0.4) is 0 Å². The third-order valence-electron chi connectivity index (χ3n) is 2.40. The molecule has 14 heavy (non-hydrogen) atoms. The molecule has 0 amide bonds. The molecular formula is C11H12FNO. The standard InChI is InChI=1S/C11H12FNO/c1-3-7(2)11-13-9-6-8(12)4-5-10(9)14-11/h4-7H,3H2,1-2H3. The van der Waals surface area contributed by atoms with E-state index >= 15 is 0 Å². The topological polar surface area (TPSA) is 26.0 Å². The van der Waals surface area contributed by atoms with Crippen LogP contribution >= 0.6 is 0 Å². The van der Waals surface area contributed by atoms with Gasteiger partial charge in [0.25, 0.3) is 0 Å². The number of hydrogen-bond acceptors (Lipinski definition) is 2. The molecule has 0 saturated heterocycles. The van der Waals surface area contributed by atoms with Crippen molar-refractivity contribution < 1.29 is 8.81 Å². The summed E-state index contributed by atoms with van der Waals surface area (Å²) in [5.41, 5.74) is 1.25. The average molecular weight is 193 g/mol. The molecule has 0 aliphatic heterocycles. The maximum Gasteiger partial charge on any atom is 0.198 e. The summed E-state index contributed by atoms with van der Waals surface area (Å²) in [5.74, 6) is 0.695. The fraction of sp³-hybridized carbons (Fsp3) is 0.364. The summed E-state index contributed by atoms with van der Waals surface area (Å²) in [6.45, 7) is 4.11. The van der Waals surface area contributed by atoms with Gasteiger partial charge in [0, 0.05) is 12.0 Å². The monoisotopic (exact) mass is 193 g/mol. The molecule has 74 valence electrons. The molecule has 0 fully saturated rings. The molecule has 2 nitrogen and oxygen atoms in total. The van der Waals surface area contributed by atoms with Crippen molar-refractivity contribution in [1.82, 2.24) is 4.98 Å². The maximum atomic E-state index is 12.8. The lowest BCUT2D eigenvalue weighted by molar-refractivity contribution is 0.479. The van der Waals surface area contributed by atoms with Crippen molar-refractivity contribution in [2.24, 2.45) is 0 Å². The van der Waals surface area contributed by atoms with Gasteiger partial charge in [0.2, 0.25) is 0 Å². The lowest BCUT2D eigenvalue weighted by Crippen LogP contribution is -1.89. The Kier molecular flexibility index (Phi) is 2.23. The van der Waals surface area contributed by atoms with Crippen molar-refractivity contribution in [3.05, 3.63) is 29.9 Å². The molecule has 0 N–H and O–H groups in total. The zero-order valence-corrected chi connectivity index (χ0v) is 8.25. The molecule has 3 heteroatoms. The van der Waals surface area contributed by atoms with Crippen molar-refractivity contribution in [2.75, 3.05) is 0 Å². The second-order valence-electron chi connectivity index (χ2n) is 3.47. The first-order valence-corrected chi connectivity index (χ1v) is 4.76. The minimum absolute atomic E-state index is 0.276. The minimum Gasteiger partial charge on any atom is -0.440 e. The first-order chi connectivity index (χ1) is 6.70. The molecule has 0 radical (unpaired) electrons. The summed E-state index contributed by atoms with van der Waals surface area (Å²) in [5, 5.41) is 0. The highest BCUT2D eigenvalue weighted by atomic mass is 19.1. The van der Waals surface area contributed by atoms with E-state index in [1.165, 1.54) is 12.1 Å². The molecule has 1 unspecified atom stereocenters. The van der Waals surface area contributed by atoms with E-state index in [4.69, 9.17) is 4.42 Å². The van der Waals surface area contributed by atoms with Gasteiger partial charge in [-0.15, -0.1) is 0 Å². The average Bonchev–Trinajstić information content (AvgIpc) is 2.59. The second kappa shape index (κ2) is 3.40. The number of rotatable bonds is 2. The molecule has 1 aromatic carbocycles. The molecule has 0 spiro atoms. The van der Waals surface area contributed by atoms with Crippen LogP contribution in [0.15, 0.2) is 22.6 Å². The zero-order valence-electron chi connectivity index (χ0n) is 8.25. The third-order valence-corrected chi connectivity index (χ3v) is 2.40. The normalized spacial score (nSPS) is 13.4. The minimum atomic E-state index is -0.276. The van der Waals surface area contributed by atoms with Gasteiger partial charge in [-0.3, -0.25) is 0 Å². The molecular weight excluding hydrogens is 181 g/mol. The van der Waals surface area contributed by atoms with E-state index in [1.54, 1.807) is 6.07 Å². The van der Waals surface area contributed by atoms with Gasteiger partial charge >= 0.3 is 0 Å². The molecule has 1 atom stereocenters. The van der Waals surface area contributed by atoms with Crippen molar-refractivity contribution in [2.45, 2.75) is 26.2 Å². The van der Waals surface area contributed by atoms with Crippen LogP contribution in [0.5, 0.6) is 0 Å². The Morgan fingerprint density at radius 2 is 2.29 bits per heavy atom. The number of oxazole rings is 1. The highest BCUT2D eigenvalue weighted by Crippen LogP contribution is 2.23. The van der Waals surface area contributed by atoms with E-state index in [2.05, 4.69) is 11.9 Å². The predicted octanol–water partition coefficient (Wildman–Crippen LogP) is 3.48. The Morgan fingerprint density at radius 3 is 3.00 bits per heavy atom. The first-order valence-electron chi connectivity index (χ1n) is 4.76. The smallest absolute Gasteiger partial charge is 0.198 e. The van der Waals surface area contributed by atoms with Crippen LogP contribution in [0.4, 0.5) is 4.39 Å². The first kappa shape index (κ1) is 9.19. The van der Waals surface area contributed by atoms with Crippen molar-refractivity contribution in [3.8, 4) is 0 Å². The number of fused-ring (bicyclic) bond motifs is 1. The van der Waals surface area contributed by atoms with Gasteiger partial charge in [0.15, 0.2) is 11.5 Å². The molecule has 2 aromatic rings. The number of benzene rings is 1. The number of halogens is 1. The van der Waals surface area contributed by atoms with Crippen molar-refractivity contribution >= 4 is 11.1 Å². The van der Waals surface area contributed by atoms with E-state index in [0.717, 1.165) is 6.42 Å². The number of hydrogen-bond donors (Lipinski definition) is 0. The third kappa shape index (κ3) is 1.50. The summed E-state index contributed by atoms with van der Waals surface area (Å²) in [7, 11) is 0. The Bertz CT molecular complexity index is 449. The maximum absolute atomic E-state index is 12.8. The van der Waals surface area contributed by atoms with Crippen LogP contribution in [0.1, 0.15) is 32.1 Å². The predicted molar refractivity (Wildman–Crippen MR) is 52.7 cm³/mol. The van der Waals surface area contributed by atoms with E-state index in [0.29, 0.717) is 17.0 Å². The van der Waals surface area contributed by atoms with Crippen molar-refractivity contribution in [3.63, 3.8) is 0 Å². The molecule has 0 saturated carbocycles. The van der Waals surface area contributed by atoms with E-state index in [-0.39, 0.29) is 11.7 Å². The largest absolute Gasteiger partial charge is 0.440 e. The molecule has 2 rings (SSSR count). The lowest BCUT2D eigenvalue weighted by atomic mass is 10.1. The van der Waals surface area contributed by atoms with Crippen LogP contribution in [0, 0.1) is 5.82 Å². The molecule has 0 aliphatic rings. The summed E-state index contributed by atoms with van der Waals surface area (Å²) >= 11 is 0. The van der Waals surface area contributed by atoms with Crippen LogP contribution in [0.2, 0.25) is 0 Å².